The summed E-state index contributed by atoms with van der Waals surface area (Å²) in [5, 5.41) is 17.6. The van der Waals surface area contributed by atoms with E-state index in [1.165, 1.54) is 0 Å². The van der Waals surface area contributed by atoms with Gasteiger partial charge in [0.1, 0.15) is 0 Å². The Morgan fingerprint density at radius 3 is 2.79 bits per heavy atom. The molecule has 0 aromatic heterocycles. The minimum absolute atomic E-state index is 0.225. The molecule has 19 heavy (non-hydrogen) atoms. The average molecular weight is 327 g/mol. The third-order valence-corrected chi connectivity index (χ3v) is 3.23. The maximum atomic E-state index is 10.9. The molecular formula is C13H15BrN2O3. The summed E-state index contributed by atoms with van der Waals surface area (Å²) in [5.41, 5.74) is 1.08. The first-order valence-corrected chi connectivity index (χ1v) is 6.53. The van der Waals surface area contributed by atoms with Crippen molar-refractivity contribution in [3.8, 4) is 6.07 Å². The number of nitriles is 1. The Bertz CT molecular complexity index is 485. The summed E-state index contributed by atoms with van der Waals surface area (Å²) in [4.78, 5) is 12.9. The predicted molar refractivity (Wildman–Crippen MR) is 75.4 cm³/mol. The number of methoxy groups -OCH3 is 1. The number of anilines is 1. The van der Waals surface area contributed by atoms with Gasteiger partial charge >= 0.3 is 5.97 Å². The van der Waals surface area contributed by atoms with Crippen LogP contribution in [-0.2, 0) is 4.74 Å². The van der Waals surface area contributed by atoms with E-state index >= 15 is 0 Å². The minimum atomic E-state index is -0.965. The number of carbonyl (C=O) groups is 1. The molecule has 0 heterocycles. The number of ether oxygens (including phenoxy) is 1. The molecule has 0 aliphatic heterocycles. The highest BCUT2D eigenvalue weighted by atomic mass is 79.9. The molecule has 0 aliphatic carbocycles. The van der Waals surface area contributed by atoms with Crippen LogP contribution in [0.2, 0.25) is 0 Å². The van der Waals surface area contributed by atoms with Crippen molar-refractivity contribution >= 4 is 27.6 Å². The fourth-order valence-corrected chi connectivity index (χ4v) is 2.27. The Hall–Kier alpha value is -1.58. The van der Waals surface area contributed by atoms with Gasteiger partial charge in [-0.25, -0.2) is 4.79 Å². The van der Waals surface area contributed by atoms with Gasteiger partial charge in [0.15, 0.2) is 0 Å². The molecule has 1 N–H and O–H groups in total. The summed E-state index contributed by atoms with van der Waals surface area (Å²) in [5.74, 6) is -0.965. The number of hydrogen-bond donors (Lipinski definition) is 1. The first kappa shape index (κ1) is 15.5. The highest BCUT2D eigenvalue weighted by Crippen LogP contribution is 2.27. The van der Waals surface area contributed by atoms with E-state index in [4.69, 9.17) is 15.1 Å². The van der Waals surface area contributed by atoms with Gasteiger partial charge in [0, 0.05) is 24.7 Å². The number of carboxylic acids is 1. The molecule has 0 atom stereocenters. The summed E-state index contributed by atoms with van der Waals surface area (Å²) in [7, 11) is 1.62. The van der Waals surface area contributed by atoms with E-state index < -0.39 is 5.97 Å². The molecule has 0 unspecified atom stereocenters. The number of carboxylic acid groups (broad SMARTS) is 1. The standard InChI is InChI=1S/C13H15BrN2O3/c1-19-8-7-16(6-2-5-15)12-4-3-10(13(17)18)9-11(12)14/h3-4,9H,2,6-8H2,1H3,(H,17,18). The fraction of sp³-hybridized carbons (Fsp3) is 0.385. The van der Waals surface area contributed by atoms with E-state index in [1.54, 1.807) is 25.3 Å². The third-order valence-electron chi connectivity index (χ3n) is 2.59. The van der Waals surface area contributed by atoms with Crippen LogP contribution in [0.4, 0.5) is 5.69 Å². The SMILES string of the molecule is COCCN(CCC#N)c1ccc(C(=O)O)cc1Br. The summed E-state index contributed by atoms with van der Waals surface area (Å²) >= 11 is 3.37. The molecule has 0 aliphatic rings. The van der Waals surface area contributed by atoms with Crippen molar-refractivity contribution in [2.45, 2.75) is 6.42 Å². The number of aromatic carboxylic acids is 1. The van der Waals surface area contributed by atoms with E-state index in [1.807, 2.05) is 4.90 Å². The van der Waals surface area contributed by atoms with Crippen LogP contribution in [0.25, 0.3) is 0 Å². The normalized spacial score (nSPS) is 9.95. The van der Waals surface area contributed by atoms with Crippen LogP contribution in [0.15, 0.2) is 22.7 Å². The van der Waals surface area contributed by atoms with Crippen LogP contribution < -0.4 is 4.90 Å². The molecule has 0 radical (unpaired) electrons. The molecule has 0 saturated heterocycles. The summed E-state index contributed by atoms with van der Waals surface area (Å²) in [6.45, 7) is 1.76. The topological polar surface area (TPSA) is 73.6 Å². The molecule has 1 aromatic carbocycles. The van der Waals surface area contributed by atoms with Crippen molar-refractivity contribution in [3.05, 3.63) is 28.2 Å². The second kappa shape index (κ2) is 7.77. The second-order valence-electron chi connectivity index (χ2n) is 3.86. The van der Waals surface area contributed by atoms with Gasteiger partial charge in [-0.2, -0.15) is 5.26 Å². The lowest BCUT2D eigenvalue weighted by atomic mass is 10.2. The van der Waals surface area contributed by atoms with Crippen LogP contribution in [0.1, 0.15) is 16.8 Å². The van der Waals surface area contributed by atoms with Crippen LogP contribution in [0.5, 0.6) is 0 Å². The minimum Gasteiger partial charge on any atom is -0.478 e. The molecule has 5 nitrogen and oxygen atoms in total. The van der Waals surface area contributed by atoms with Crippen LogP contribution in [0, 0.1) is 11.3 Å². The van der Waals surface area contributed by atoms with Crippen LogP contribution >= 0.6 is 15.9 Å². The summed E-state index contributed by atoms with van der Waals surface area (Å²) < 4.78 is 5.74. The molecule has 1 rings (SSSR count). The number of benzene rings is 1. The van der Waals surface area contributed by atoms with Gasteiger partial charge in [-0.15, -0.1) is 0 Å². The van der Waals surface area contributed by atoms with Gasteiger partial charge in [-0.05, 0) is 34.1 Å². The molecule has 0 saturated carbocycles. The van der Waals surface area contributed by atoms with Crippen molar-refractivity contribution < 1.29 is 14.6 Å². The van der Waals surface area contributed by atoms with E-state index in [0.717, 1.165) is 5.69 Å². The van der Waals surface area contributed by atoms with Crippen molar-refractivity contribution in [2.24, 2.45) is 0 Å². The molecule has 0 spiro atoms. The summed E-state index contributed by atoms with van der Waals surface area (Å²) in [6, 6.07) is 6.95. The third kappa shape index (κ3) is 4.54. The van der Waals surface area contributed by atoms with E-state index in [-0.39, 0.29) is 5.56 Å². The zero-order chi connectivity index (χ0) is 14.3. The lowest BCUT2D eigenvalue weighted by Gasteiger charge is -2.24. The van der Waals surface area contributed by atoms with Crippen molar-refractivity contribution in [2.75, 3.05) is 31.7 Å². The lowest BCUT2D eigenvalue weighted by molar-refractivity contribution is 0.0697. The first-order valence-electron chi connectivity index (χ1n) is 5.73. The number of halogens is 1. The number of nitrogens with zero attached hydrogens (tertiary/aromatic N) is 2. The highest BCUT2D eigenvalue weighted by Gasteiger charge is 2.12. The van der Waals surface area contributed by atoms with Gasteiger partial charge in [0.05, 0.1) is 30.3 Å². The first-order chi connectivity index (χ1) is 9.10. The Balaban J connectivity index is 2.94. The zero-order valence-corrected chi connectivity index (χ0v) is 12.2. The van der Waals surface area contributed by atoms with Crippen molar-refractivity contribution in [3.63, 3.8) is 0 Å². The van der Waals surface area contributed by atoms with Gasteiger partial charge < -0.3 is 14.7 Å². The Morgan fingerprint density at radius 1 is 1.53 bits per heavy atom. The second-order valence-corrected chi connectivity index (χ2v) is 4.71. The van der Waals surface area contributed by atoms with Crippen LogP contribution in [-0.4, -0.2) is 37.9 Å². The lowest BCUT2D eigenvalue weighted by Crippen LogP contribution is -2.28. The zero-order valence-electron chi connectivity index (χ0n) is 10.6. The molecule has 102 valence electrons. The molecule has 6 heteroatoms. The molecule has 0 amide bonds. The van der Waals surface area contributed by atoms with Crippen molar-refractivity contribution in [1.82, 2.24) is 0 Å². The van der Waals surface area contributed by atoms with Crippen molar-refractivity contribution in [1.29, 1.82) is 5.26 Å². The quantitative estimate of drug-likeness (QED) is 0.833. The predicted octanol–water partition coefficient (Wildman–Crippen LogP) is 2.51. The molecule has 1 aromatic rings. The maximum absolute atomic E-state index is 10.9. The van der Waals surface area contributed by atoms with E-state index in [0.29, 0.717) is 30.6 Å². The largest absolute Gasteiger partial charge is 0.478 e. The van der Waals surface area contributed by atoms with Gasteiger partial charge in [0.2, 0.25) is 0 Å². The maximum Gasteiger partial charge on any atom is 0.335 e. The Morgan fingerprint density at radius 2 is 2.26 bits per heavy atom. The molecular weight excluding hydrogens is 312 g/mol. The molecule has 0 fully saturated rings. The number of rotatable bonds is 7. The highest BCUT2D eigenvalue weighted by molar-refractivity contribution is 9.10. The van der Waals surface area contributed by atoms with Gasteiger partial charge in [-0.1, -0.05) is 0 Å². The Labute approximate surface area is 120 Å². The van der Waals surface area contributed by atoms with E-state index in [2.05, 4.69) is 22.0 Å². The Kier molecular flexibility index (Phi) is 6.33. The van der Waals surface area contributed by atoms with Gasteiger partial charge in [0.25, 0.3) is 0 Å². The molecule has 0 bridgehead atoms. The smallest absolute Gasteiger partial charge is 0.335 e. The van der Waals surface area contributed by atoms with Gasteiger partial charge in [-0.3, -0.25) is 0 Å². The van der Waals surface area contributed by atoms with E-state index in [9.17, 15) is 4.79 Å². The summed E-state index contributed by atoms with van der Waals surface area (Å²) in [6.07, 6.45) is 0.400. The monoisotopic (exact) mass is 326 g/mol. The van der Waals surface area contributed by atoms with Crippen LogP contribution in [0.3, 0.4) is 0 Å². The average Bonchev–Trinajstić information content (AvgIpc) is 2.39. The fourth-order valence-electron chi connectivity index (χ4n) is 1.64. The number of hydrogen-bond acceptors (Lipinski definition) is 4.